The molecule has 28 heavy (non-hydrogen) atoms. The van der Waals surface area contributed by atoms with Crippen molar-refractivity contribution in [2.75, 3.05) is 11.9 Å². The monoisotopic (exact) mass is 381 g/mol. The minimum atomic E-state index is -0.561. The van der Waals surface area contributed by atoms with Gasteiger partial charge in [0.1, 0.15) is 13.7 Å². The number of pyridine rings is 1. The summed E-state index contributed by atoms with van der Waals surface area (Å²) in [6.45, 7) is 1.03. The van der Waals surface area contributed by atoms with Crippen LogP contribution in [0.3, 0.4) is 0 Å². The maximum Gasteiger partial charge on any atom is 0.278 e. The van der Waals surface area contributed by atoms with Crippen molar-refractivity contribution in [2.24, 2.45) is 5.92 Å². The first-order valence-corrected chi connectivity index (χ1v) is 9.54. The molecule has 1 aliphatic heterocycles. The number of nitrogens with one attached hydrogen (secondary N) is 2. The Hall–Kier alpha value is -2.61. The molecule has 1 aromatic carbocycles. The van der Waals surface area contributed by atoms with E-state index in [-0.39, 0.29) is 16.9 Å². The van der Waals surface area contributed by atoms with Crippen LogP contribution < -0.4 is 21.8 Å². The maximum atomic E-state index is 14.3. The lowest BCUT2D eigenvalue weighted by Gasteiger charge is -2.23. The lowest BCUT2D eigenvalue weighted by molar-refractivity contribution is 0.0269. The number of hydrogen-bond acceptors (Lipinski definition) is 4. The van der Waals surface area contributed by atoms with Gasteiger partial charge in [-0.25, -0.2) is 9.87 Å². The zero-order chi connectivity index (χ0) is 19.7. The largest absolute Gasteiger partial charge is 0.352 e. The molecule has 4 rings (SSSR count). The number of anilines is 2. The third-order valence-electron chi connectivity index (χ3n) is 5.13. The summed E-state index contributed by atoms with van der Waals surface area (Å²) in [5, 5.41) is 2.89. The molecule has 0 saturated heterocycles. The fraction of sp³-hybridized carbons (Fsp3) is 0.400. The predicted octanol–water partition coefficient (Wildman–Crippen LogP) is 1.93. The Morgan fingerprint density at radius 2 is 2.07 bits per heavy atom. The van der Waals surface area contributed by atoms with Gasteiger partial charge >= 0.3 is 0 Å². The lowest BCUT2D eigenvalue weighted by atomic mass is 9.96. The van der Waals surface area contributed by atoms with Crippen LogP contribution in [0.2, 0.25) is 0 Å². The Kier molecular flexibility index (Phi) is 5.22. The van der Waals surface area contributed by atoms with Crippen molar-refractivity contribution in [2.45, 2.75) is 38.6 Å². The fourth-order valence-corrected chi connectivity index (χ4v) is 3.45. The van der Waals surface area contributed by atoms with Crippen LogP contribution in [-0.4, -0.2) is 24.9 Å². The van der Waals surface area contributed by atoms with Crippen LogP contribution in [0.5, 0.6) is 0 Å². The number of carbonyl (C=O) groups excluding carboxylic acids is 1. The molecule has 0 unspecified atom stereocenters. The number of amides is 1. The van der Waals surface area contributed by atoms with E-state index in [1.807, 2.05) is 0 Å². The SMILES string of the molecule is [B]c1ccc(Nc2cc(=O)n3c(c2C(=O)NOCC2CC2)CCCC3)c(F)c1. The van der Waals surface area contributed by atoms with Gasteiger partial charge in [-0.2, -0.15) is 0 Å². The number of nitrogens with zero attached hydrogens (tertiary/aromatic N) is 1. The first-order valence-electron chi connectivity index (χ1n) is 9.54. The van der Waals surface area contributed by atoms with E-state index in [0.29, 0.717) is 42.2 Å². The molecule has 1 aliphatic carbocycles. The summed E-state index contributed by atoms with van der Waals surface area (Å²) >= 11 is 0. The van der Waals surface area contributed by atoms with Gasteiger partial charge in [0.05, 0.1) is 23.5 Å². The quantitative estimate of drug-likeness (QED) is 0.593. The van der Waals surface area contributed by atoms with Crippen molar-refractivity contribution in [3.8, 4) is 0 Å². The zero-order valence-electron chi connectivity index (χ0n) is 15.5. The van der Waals surface area contributed by atoms with Gasteiger partial charge < -0.3 is 9.88 Å². The van der Waals surface area contributed by atoms with Crippen LogP contribution in [0.1, 0.15) is 41.7 Å². The van der Waals surface area contributed by atoms with E-state index in [1.54, 1.807) is 10.6 Å². The van der Waals surface area contributed by atoms with E-state index < -0.39 is 11.7 Å². The topological polar surface area (TPSA) is 72.4 Å². The molecular formula is C20H21BFN3O3. The molecular weight excluding hydrogens is 360 g/mol. The Morgan fingerprint density at radius 3 is 2.82 bits per heavy atom. The minimum Gasteiger partial charge on any atom is -0.352 e. The van der Waals surface area contributed by atoms with Gasteiger partial charge in [-0.15, -0.1) is 0 Å². The average Bonchev–Trinajstić information content (AvgIpc) is 3.48. The van der Waals surface area contributed by atoms with Gasteiger partial charge in [0.15, 0.2) is 0 Å². The highest BCUT2D eigenvalue weighted by Crippen LogP contribution is 2.29. The fourth-order valence-electron chi connectivity index (χ4n) is 3.45. The van der Waals surface area contributed by atoms with Crippen LogP contribution in [-0.2, 0) is 17.8 Å². The van der Waals surface area contributed by atoms with Gasteiger partial charge in [-0.05, 0) is 50.2 Å². The van der Waals surface area contributed by atoms with Crippen molar-refractivity contribution in [1.82, 2.24) is 10.0 Å². The summed E-state index contributed by atoms with van der Waals surface area (Å²) in [5.74, 6) is -0.507. The summed E-state index contributed by atoms with van der Waals surface area (Å²) < 4.78 is 15.9. The van der Waals surface area contributed by atoms with Crippen LogP contribution in [0, 0.1) is 11.7 Å². The number of halogens is 1. The number of hydrogen-bond donors (Lipinski definition) is 2. The second kappa shape index (κ2) is 7.79. The summed E-state index contributed by atoms with van der Waals surface area (Å²) in [7, 11) is 5.60. The van der Waals surface area contributed by atoms with E-state index in [0.717, 1.165) is 25.7 Å². The summed E-state index contributed by atoms with van der Waals surface area (Å²) in [4.78, 5) is 30.8. The highest BCUT2D eigenvalue weighted by molar-refractivity contribution is 6.32. The van der Waals surface area contributed by atoms with E-state index in [9.17, 15) is 14.0 Å². The number of carbonyl (C=O) groups is 1. The van der Waals surface area contributed by atoms with E-state index >= 15 is 0 Å². The number of aromatic nitrogens is 1. The lowest BCUT2D eigenvalue weighted by Crippen LogP contribution is -2.33. The molecule has 1 amide bonds. The van der Waals surface area contributed by atoms with Crippen LogP contribution in [0.4, 0.5) is 15.8 Å². The van der Waals surface area contributed by atoms with Gasteiger partial charge in [-0.3, -0.25) is 14.4 Å². The molecule has 2 N–H and O–H groups in total. The number of hydroxylamine groups is 1. The Bertz CT molecular complexity index is 972. The highest BCUT2D eigenvalue weighted by Gasteiger charge is 2.26. The minimum absolute atomic E-state index is 0.141. The number of rotatable bonds is 6. The smallest absolute Gasteiger partial charge is 0.278 e. The molecule has 2 heterocycles. The normalized spacial score (nSPS) is 15.8. The zero-order valence-corrected chi connectivity index (χ0v) is 15.5. The van der Waals surface area contributed by atoms with Gasteiger partial charge in [0, 0.05) is 18.3 Å². The van der Waals surface area contributed by atoms with Crippen molar-refractivity contribution >= 4 is 30.6 Å². The number of fused-ring (bicyclic) bond motifs is 1. The molecule has 1 aromatic heterocycles. The Balaban J connectivity index is 1.69. The molecule has 0 atom stereocenters. The van der Waals surface area contributed by atoms with Crippen LogP contribution in [0.25, 0.3) is 0 Å². The highest BCUT2D eigenvalue weighted by atomic mass is 19.1. The molecule has 2 radical (unpaired) electrons. The number of benzene rings is 1. The van der Waals surface area contributed by atoms with Crippen molar-refractivity contribution < 1.29 is 14.0 Å². The first kappa shape index (κ1) is 18.7. The third kappa shape index (κ3) is 3.97. The average molecular weight is 381 g/mol. The molecule has 0 bridgehead atoms. The molecule has 1 fully saturated rings. The van der Waals surface area contributed by atoms with Gasteiger partial charge in [0.25, 0.3) is 11.5 Å². The summed E-state index contributed by atoms with van der Waals surface area (Å²) in [5.41, 5.74) is 3.91. The Morgan fingerprint density at radius 1 is 1.25 bits per heavy atom. The third-order valence-corrected chi connectivity index (χ3v) is 5.13. The molecule has 2 aromatic rings. The molecule has 144 valence electrons. The van der Waals surface area contributed by atoms with E-state index in [4.69, 9.17) is 12.7 Å². The van der Waals surface area contributed by atoms with Gasteiger partial charge in [0.2, 0.25) is 0 Å². The van der Waals surface area contributed by atoms with Gasteiger partial charge in [-0.1, -0.05) is 11.5 Å². The van der Waals surface area contributed by atoms with E-state index in [1.165, 1.54) is 18.2 Å². The molecule has 8 heteroatoms. The van der Waals surface area contributed by atoms with Crippen LogP contribution in [0.15, 0.2) is 29.1 Å². The molecule has 6 nitrogen and oxygen atoms in total. The second-order valence-electron chi connectivity index (χ2n) is 7.38. The first-order chi connectivity index (χ1) is 13.5. The van der Waals surface area contributed by atoms with Crippen LogP contribution >= 0.6 is 0 Å². The van der Waals surface area contributed by atoms with Crippen molar-refractivity contribution in [3.05, 3.63) is 51.7 Å². The van der Waals surface area contributed by atoms with Crippen molar-refractivity contribution in [1.29, 1.82) is 0 Å². The molecule has 2 aliphatic rings. The molecule has 0 spiro atoms. The summed E-state index contributed by atoms with van der Waals surface area (Å²) in [6, 6.07) is 5.55. The van der Waals surface area contributed by atoms with E-state index in [2.05, 4.69) is 10.8 Å². The Labute approximate surface area is 163 Å². The summed E-state index contributed by atoms with van der Waals surface area (Å²) in [6.07, 6.45) is 4.57. The second-order valence-corrected chi connectivity index (χ2v) is 7.38. The maximum absolute atomic E-state index is 14.3. The predicted molar refractivity (Wildman–Crippen MR) is 105 cm³/mol. The standard InChI is InChI=1S/C20H21BFN3O3/c21-13-6-7-15(14(22)9-13)23-16-10-18(26)25-8-2-1-3-17(25)19(16)20(27)24-28-11-12-4-5-12/h6-7,9-10,12,23H,1-5,8,11H2,(H,24,27). The molecule has 1 saturated carbocycles. The van der Waals surface area contributed by atoms with Crippen molar-refractivity contribution in [3.63, 3.8) is 0 Å².